The van der Waals surface area contributed by atoms with Crippen LogP contribution in [0.25, 0.3) is 0 Å². The van der Waals surface area contributed by atoms with Crippen LogP contribution in [0.5, 0.6) is 0 Å². The third-order valence-electron chi connectivity index (χ3n) is 4.39. The van der Waals surface area contributed by atoms with Crippen molar-refractivity contribution in [1.82, 2.24) is 10.2 Å². The molecule has 1 saturated heterocycles. The van der Waals surface area contributed by atoms with Gasteiger partial charge in [0.1, 0.15) is 0 Å². The van der Waals surface area contributed by atoms with Gasteiger partial charge in [-0.15, -0.1) is 0 Å². The van der Waals surface area contributed by atoms with Crippen LogP contribution in [-0.2, 0) is 0 Å². The number of likely N-dealkylation sites (N-methyl/N-ethyl adjacent to an activating group) is 1. The van der Waals surface area contributed by atoms with Crippen molar-refractivity contribution in [3.8, 4) is 0 Å². The standard InChI is InChI=1S/C15H32N2/c1-6-9-13(16-5)14(7-2)17-11-8-10-15(17)12(3)4/h12-16H,6-11H2,1-5H3. The maximum atomic E-state index is 3.55. The molecule has 0 radical (unpaired) electrons. The van der Waals surface area contributed by atoms with E-state index < -0.39 is 0 Å². The number of nitrogens with zero attached hydrogens (tertiary/aromatic N) is 1. The van der Waals surface area contributed by atoms with E-state index >= 15 is 0 Å². The molecule has 0 saturated carbocycles. The fourth-order valence-electron chi connectivity index (χ4n) is 3.53. The Morgan fingerprint density at radius 2 is 2.00 bits per heavy atom. The first-order valence-electron chi connectivity index (χ1n) is 7.58. The summed E-state index contributed by atoms with van der Waals surface area (Å²) in [6, 6.07) is 2.21. The van der Waals surface area contributed by atoms with Gasteiger partial charge in [-0.25, -0.2) is 0 Å². The Morgan fingerprint density at radius 3 is 2.47 bits per heavy atom. The van der Waals surface area contributed by atoms with Gasteiger partial charge in [0, 0.05) is 18.1 Å². The Labute approximate surface area is 108 Å². The van der Waals surface area contributed by atoms with Crippen molar-refractivity contribution in [2.75, 3.05) is 13.6 Å². The molecule has 0 aromatic rings. The molecule has 0 aliphatic carbocycles. The predicted octanol–water partition coefficient (Wildman–Crippen LogP) is 3.27. The highest BCUT2D eigenvalue weighted by molar-refractivity contribution is 4.91. The van der Waals surface area contributed by atoms with Crippen molar-refractivity contribution in [2.45, 2.75) is 77.9 Å². The van der Waals surface area contributed by atoms with Gasteiger partial charge in [0.15, 0.2) is 0 Å². The largest absolute Gasteiger partial charge is 0.315 e. The summed E-state index contributed by atoms with van der Waals surface area (Å²) in [5.41, 5.74) is 0. The van der Waals surface area contributed by atoms with Gasteiger partial charge >= 0.3 is 0 Å². The summed E-state index contributed by atoms with van der Waals surface area (Å²) >= 11 is 0. The van der Waals surface area contributed by atoms with E-state index in [9.17, 15) is 0 Å². The highest BCUT2D eigenvalue weighted by atomic mass is 15.2. The monoisotopic (exact) mass is 240 g/mol. The molecule has 102 valence electrons. The lowest BCUT2D eigenvalue weighted by Gasteiger charge is -2.39. The molecule has 0 spiro atoms. The number of hydrogen-bond acceptors (Lipinski definition) is 2. The molecule has 1 fully saturated rings. The van der Waals surface area contributed by atoms with E-state index in [0.29, 0.717) is 6.04 Å². The van der Waals surface area contributed by atoms with Gasteiger partial charge in [-0.3, -0.25) is 4.90 Å². The molecule has 1 heterocycles. The molecule has 0 bridgehead atoms. The van der Waals surface area contributed by atoms with Gasteiger partial charge in [-0.1, -0.05) is 34.1 Å². The molecule has 1 rings (SSSR count). The zero-order valence-electron chi connectivity index (χ0n) is 12.5. The molecule has 3 unspecified atom stereocenters. The van der Waals surface area contributed by atoms with Gasteiger partial charge in [-0.05, 0) is 45.2 Å². The average Bonchev–Trinajstić information content (AvgIpc) is 2.78. The van der Waals surface area contributed by atoms with E-state index in [-0.39, 0.29) is 0 Å². The van der Waals surface area contributed by atoms with Gasteiger partial charge in [0.05, 0.1) is 0 Å². The SMILES string of the molecule is CCCC(NC)C(CC)N1CCCC1C(C)C. The lowest BCUT2D eigenvalue weighted by atomic mass is 9.95. The van der Waals surface area contributed by atoms with Crippen LogP contribution >= 0.6 is 0 Å². The highest BCUT2D eigenvalue weighted by Gasteiger charge is 2.34. The van der Waals surface area contributed by atoms with Crippen molar-refractivity contribution in [3.63, 3.8) is 0 Å². The minimum Gasteiger partial charge on any atom is -0.315 e. The second-order valence-corrected chi connectivity index (χ2v) is 5.85. The second-order valence-electron chi connectivity index (χ2n) is 5.85. The third kappa shape index (κ3) is 3.69. The Balaban J connectivity index is 2.70. The lowest BCUT2D eigenvalue weighted by Crippen LogP contribution is -2.51. The van der Waals surface area contributed by atoms with Crippen LogP contribution in [-0.4, -0.2) is 36.6 Å². The Morgan fingerprint density at radius 1 is 1.29 bits per heavy atom. The third-order valence-corrected chi connectivity index (χ3v) is 4.39. The van der Waals surface area contributed by atoms with Crippen LogP contribution in [0.2, 0.25) is 0 Å². The highest BCUT2D eigenvalue weighted by Crippen LogP contribution is 2.28. The molecule has 1 N–H and O–H groups in total. The summed E-state index contributed by atoms with van der Waals surface area (Å²) in [7, 11) is 2.13. The Hall–Kier alpha value is -0.0800. The first-order valence-corrected chi connectivity index (χ1v) is 7.58. The fraction of sp³-hybridized carbons (Fsp3) is 1.00. The van der Waals surface area contributed by atoms with Crippen LogP contribution in [0, 0.1) is 5.92 Å². The van der Waals surface area contributed by atoms with Crippen molar-refractivity contribution in [2.24, 2.45) is 5.92 Å². The van der Waals surface area contributed by atoms with Crippen LogP contribution in [0.4, 0.5) is 0 Å². The molecular formula is C15H32N2. The topological polar surface area (TPSA) is 15.3 Å². The number of likely N-dealkylation sites (tertiary alicyclic amines) is 1. The minimum atomic E-state index is 0.671. The lowest BCUT2D eigenvalue weighted by molar-refractivity contribution is 0.111. The normalized spacial score (nSPS) is 25.4. The van der Waals surface area contributed by atoms with Crippen LogP contribution in [0.15, 0.2) is 0 Å². The van der Waals surface area contributed by atoms with E-state index in [0.717, 1.165) is 18.0 Å². The molecule has 3 atom stereocenters. The molecule has 0 aromatic heterocycles. The van der Waals surface area contributed by atoms with Gasteiger partial charge in [0.2, 0.25) is 0 Å². The van der Waals surface area contributed by atoms with Crippen molar-refractivity contribution < 1.29 is 0 Å². The molecule has 0 aromatic carbocycles. The van der Waals surface area contributed by atoms with Crippen molar-refractivity contribution in [3.05, 3.63) is 0 Å². The molecule has 17 heavy (non-hydrogen) atoms. The number of nitrogens with one attached hydrogen (secondary N) is 1. The quantitative estimate of drug-likeness (QED) is 0.735. The second kappa shape index (κ2) is 7.38. The maximum Gasteiger partial charge on any atom is 0.0249 e. The Bertz CT molecular complexity index is 203. The zero-order valence-corrected chi connectivity index (χ0v) is 12.5. The molecular weight excluding hydrogens is 208 g/mol. The summed E-state index contributed by atoms with van der Waals surface area (Å²) in [5, 5.41) is 3.55. The predicted molar refractivity (Wildman–Crippen MR) is 76.4 cm³/mol. The van der Waals surface area contributed by atoms with E-state index in [2.05, 4.69) is 45.0 Å². The van der Waals surface area contributed by atoms with Crippen molar-refractivity contribution >= 4 is 0 Å². The molecule has 2 heteroatoms. The number of rotatable bonds is 7. The van der Waals surface area contributed by atoms with Crippen molar-refractivity contribution in [1.29, 1.82) is 0 Å². The summed E-state index contributed by atoms with van der Waals surface area (Å²) in [5.74, 6) is 0.797. The summed E-state index contributed by atoms with van der Waals surface area (Å²) in [4.78, 5) is 2.79. The van der Waals surface area contributed by atoms with Crippen LogP contribution < -0.4 is 5.32 Å². The molecule has 0 amide bonds. The van der Waals surface area contributed by atoms with Gasteiger partial charge < -0.3 is 5.32 Å². The zero-order chi connectivity index (χ0) is 12.8. The molecule has 1 aliphatic heterocycles. The molecule has 2 nitrogen and oxygen atoms in total. The van der Waals surface area contributed by atoms with E-state index in [4.69, 9.17) is 0 Å². The molecule has 1 aliphatic rings. The van der Waals surface area contributed by atoms with Crippen LogP contribution in [0.3, 0.4) is 0 Å². The summed E-state index contributed by atoms with van der Waals surface area (Å²) < 4.78 is 0. The first kappa shape index (κ1) is 15.0. The summed E-state index contributed by atoms with van der Waals surface area (Å²) in [6.07, 6.45) is 6.64. The van der Waals surface area contributed by atoms with Gasteiger partial charge in [0.25, 0.3) is 0 Å². The minimum absolute atomic E-state index is 0.671. The van der Waals surface area contributed by atoms with Gasteiger partial charge in [-0.2, -0.15) is 0 Å². The van der Waals surface area contributed by atoms with E-state index in [1.54, 1.807) is 0 Å². The average molecular weight is 240 g/mol. The summed E-state index contributed by atoms with van der Waals surface area (Å²) in [6.45, 7) is 10.7. The first-order chi connectivity index (χ1) is 8.15. The van der Waals surface area contributed by atoms with Crippen LogP contribution in [0.1, 0.15) is 59.8 Å². The fourth-order valence-corrected chi connectivity index (χ4v) is 3.53. The van der Waals surface area contributed by atoms with E-state index in [1.807, 2.05) is 0 Å². The number of hydrogen-bond donors (Lipinski definition) is 1. The maximum absolute atomic E-state index is 3.55. The van der Waals surface area contributed by atoms with E-state index in [1.165, 1.54) is 38.6 Å². The Kier molecular flexibility index (Phi) is 6.50. The smallest absolute Gasteiger partial charge is 0.0249 e.